The zero-order valence-corrected chi connectivity index (χ0v) is 8.04. The first-order chi connectivity index (χ1) is 7.27. The maximum absolute atomic E-state index is 10.6. The molecule has 9 heteroatoms. The lowest BCUT2D eigenvalue weighted by Crippen LogP contribution is -2.74. The van der Waals surface area contributed by atoms with Gasteiger partial charge < -0.3 is 30.6 Å². The largest absolute Gasteiger partial charge is 0.393 e. The van der Waals surface area contributed by atoms with Crippen LogP contribution >= 0.6 is 0 Å². The van der Waals surface area contributed by atoms with Crippen molar-refractivity contribution >= 4 is 0 Å². The second-order valence-electron chi connectivity index (χ2n) is 3.80. The molecule has 1 aliphatic rings. The molecule has 0 amide bonds. The summed E-state index contributed by atoms with van der Waals surface area (Å²) in [7, 11) is 0. The van der Waals surface area contributed by atoms with E-state index in [0.29, 0.717) is 0 Å². The van der Waals surface area contributed by atoms with E-state index in [1.807, 2.05) is 0 Å². The Morgan fingerprint density at radius 2 is 1.62 bits per heavy atom. The van der Waals surface area contributed by atoms with Crippen molar-refractivity contribution in [1.29, 1.82) is 0 Å². The van der Waals surface area contributed by atoms with Crippen molar-refractivity contribution in [2.45, 2.75) is 36.1 Å². The highest BCUT2D eigenvalue weighted by Crippen LogP contribution is 2.31. The van der Waals surface area contributed by atoms with Crippen LogP contribution in [0, 0.1) is 10.1 Å². The molecule has 0 heterocycles. The van der Waals surface area contributed by atoms with Crippen molar-refractivity contribution in [2.24, 2.45) is 0 Å². The van der Waals surface area contributed by atoms with Gasteiger partial charge in [-0.3, -0.25) is 10.1 Å². The quantitative estimate of drug-likeness (QED) is 0.208. The summed E-state index contributed by atoms with van der Waals surface area (Å²) in [4.78, 5) is 9.48. The second-order valence-corrected chi connectivity index (χ2v) is 3.80. The monoisotopic (exact) mass is 239 g/mol. The van der Waals surface area contributed by atoms with E-state index in [2.05, 4.69) is 0 Å². The highest BCUT2D eigenvalue weighted by molar-refractivity contribution is 5.08. The molecule has 16 heavy (non-hydrogen) atoms. The summed E-state index contributed by atoms with van der Waals surface area (Å²) < 4.78 is 0. The lowest BCUT2D eigenvalue weighted by Gasteiger charge is -2.44. The topological polar surface area (TPSA) is 165 Å². The molecule has 1 saturated carbocycles. The van der Waals surface area contributed by atoms with Crippen LogP contribution < -0.4 is 0 Å². The minimum absolute atomic E-state index is 1.13. The first kappa shape index (κ1) is 13.2. The van der Waals surface area contributed by atoms with E-state index in [-0.39, 0.29) is 0 Å². The fourth-order valence-electron chi connectivity index (χ4n) is 1.84. The fourth-order valence-corrected chi connectivity index (χ4v) is 1.84. The van der Waals surface area contributed by atoms with Crippen molar-refractivity contribution in [1.82, 2.24) is 0 Å². The van der Waals surface area contributed by atoms with E-state index in [1.165, 1.54) is 0 Å². The highest BCUT2D eigenvalue weighted by atomic mass is 16.6. The lowest BCUT2D eigenvalue weighted by atomic mass is 9.74. The molecule has 1 aliphatic carbocycles. The zero-order valence-electron chi connectivity index (χ0n) is 8.04. The molecule has 1 rings (SSSR count). The van der Waals surface area contributed by atoms with Gasteiger partial charge in [-0.05, 0) is 0 Å². The predicted molar refractivity (Wildman–Crippen MR) is 46.8 cm³/mol. The smallest absolute Gasteiger partial charge is 0.274 e. The Labute approximate surface area is 89.3 Å². The van der Waals surface area contributed by atoms with Crippen LogP contribution in [0.15, 0.2) is 0 Å². The van der Waals surface area contributed by atoms with Crippen LogP contribution in [-0.2, 0) is 0 Å². The first-order valence-corrected chi connectivity index (χ1v) is 4.46. The van der Waals surface area contributed by atoms with E-state index < -0.39 is 47.6 Å². The van der Waals surface area contributed by atoms with E-state index in [4.69, 9.17) is 5.11 Å². The van der Waals surface area contributed by atoms with Gasteiger partial charge in [0.15, 0.2) is 11.7 Å². The van der Waals surface area contributed by atoms with Gasteiger partial charge in [-0.15, -0.1) is 0 Å². The van der Waals surface area contributed by atoms with Crippen molar-refractivity contribution in [2.75, 3.05) is 6.61 Å². The molecule has 6 N–H and O–H groups in total. The molecule has 0 aromatic carbocycles. The Bertz CT molecular complexity index is 286. The van der Waals surface area contributed by atoms with Crippen LogP contribution in [0.5, 0.6) is 0 Å². The molecular weight excluding hydrogens is 226 g/mol. The molecule has 0 spiro atoms. The van der Waals surface area contributed by atoms with Crippen LogP contribution in [0.25, 0.3) is 0 Å². The van der Waals surface area contributed by atoms with Crippen LogP contribution in [0.3, 0.4) is 0 Å². The lowest BCUT2D eigenvalue weighted by molar-refractivity contribution is -0.572. The van der Waals surface area contributed by atoms with Gasteiger partial charge in [0, 0.05) is 4.92 Å². The van der Waals surface area contributed by atoms with Crippen LogP contribution in [0.2, 0.25) is 0 Å². The minimum Gasteiger partial charge on any atom is -0.393 e. The Morgan fingerprint density at radius 1 is 1.12 bits per heavy atom. The summed E-state index contributed by atoms with van der Waals surface area (Å²) in [6.45, 7) is -1.24. The fraction of sp³-hybridized carbons (Fsp3) is 1.00. The molecule has 94 valence electrons. The average molecular weight is 239 g/mol. The highest BCUT2D eigenvalue weighted by Gasteiger charge is 2.64. The summed E-state index contributed by atoms with van der Waals surface area (Å²) >= 11 is 0. The van der Waals surface area contributed by atoms with Gasteiger partial charge >= 0.3 is 0 Å². The van der Waals surface area contributed by atoms with Crippen molar-refractivity contribution < 1.29 is 35.6 Å². The Morgan fingerprint density at radius 3 is 2.00 bits per heavy atom. The van der Waals surface area contributed by atoms with E-state index in [0.717, 1.165) is 0 Å². The summed E-state index contributed by atoms with van der Waals surface area (Å²) in [5.41, 5.74) is -2.71. The Balaban J connectivity index is 3.16. The van der Waals surface area contributed by atoms with Gasteiger partial charge in [0.2, 0.25) is 0 Å². The maximum Gasteiger partial charge on any atom is 0.274 e. The third-order valence-corrected chi connectivity index (χ3v) is 2.85. The number of rotatable bonds is 2. The summed E-state index contributed by atoms with van der Waals surface area (Å²) in [6.07, 6.45) is -8.18. The molecule has 0 saturated heterocycles. The number of hydrogen-bond donors (Lipinski definition) is 6. The van der Waals surface area contributed by atoms with Crippen molar-refractivity contribution in [3.63, 3.8) is 0 Å². The third-order valence-electron chi connectivity index (χ3n) is 2.85. The number of aliphatic hydroxyl groups is 6. The van der Waals surface area contributed by atoms with E-state index >= 15 is 0 Å². The number of aliphatic hydroxyl groups excluding tert-OH is 5. The minimum atomic E-state index is -2.71. The molecule has 0 aromatic rings. The maximum atomic E-state index is 10.6. The Hall–Kier alpha value is -0.840. The average Bonchev–Trinajstić information content (AvgIpc) is 2.23. The van der Waals surface area contributed by atoms with E-state index in [1.54, 1.807) is 0 Å². The standard InChI is InChI=1S/C7H13NO8/c9-1-7(14)5(8(15)16)3(11)2(10)4(12)6(7)13/h2-6,9-14H,1H2/t2-,3+,4+,5-,6-,7-/m0/s1. The third kappa shape index (κ3) is 1.67. The molecule has 1 fully saturated rings. The molecule has 6 atom stereocenters. The molecule has 0 unspecified atom stereocenters. The van der Waals surface area contributed by atoms with Gasteiger partial charge in [-0.2, -0.15) is 0 Å². The Kier molecular flexibility index (Phi) is 3.47. The molecule has 0 bridgehead atoms. The predicted octanol–water partition coefficient (Wildman–Crippen LogP) is -4.19. The van der Waals surface area contributed by atoms with Gasteiger partial charge in [-0.1, -0.05) is 0 Å². The number of hydrogen-bond acceptors (Lipinski definition) is 8. The molecule has 0 radical (unpaired) electrons. The first-order valence-electron chi connectivity index (χ1n) is 4.46. The van der Waals surface area contributed by atoms with Crippen molar-refractivity contribution in [3.8, 4) is 0 Å². The molecular formula is C7H13NO8. The number of nitrogens with zero attached hydrogens (tertiary/aromatic N) is 1. The van der Waals surface area contributed by atoms with Crippen LogP contribution in [0.4, 0.5) is 0 Å². The molecule has 9 nitrogen and oxygen atoms in total. The van der Waals surface area contributed by atoms with Crippen LogP contribution in [-0.4, -0.2) is 78.2 Å². The normalized spacial score (nSPS) is 49.0. The number of nitro groups is 1. The molecule has 0 aliphatic heterocycles. The van der Waals surface area contributed by atoms with E-state index in [9.17, 15) is 35.6 Å². The second kappa shape index (κ2) is 4.20. The van der Waals surface area contributed by atoms with Gasteiger partial charge in [0.05, 0.1) is 6.61 Å². The van der Waals surface area contributed by atoms with Gasteiger partial charge in [-0.25, -0.2) is 0 Å². The molecule has 0 aromatic heterocycles. The zero-order chi connectivity index (χ0) is 12.7. The summed E-state index contributed by atoms with van der Waals surface area (Å²) in [5.74, 6) is 0. The van der Waals surface area contributed by atoms with Crippen LogP contribution in [0.1, 0.15) is 0 Å². The summed E-state index contributed by atoms with van der Waals surface area (Å²) in [5, 5.41) is 66.2. The SMILES string of the molecule is O=[N+]([O-])[C@H]1[C@H](O)[C@H](O)[C@@H](O)[C@H](O)[C@]1(O)CO. The van der Waals surface area contributed by atoms with Crippen molar-refractivity contribution in [3.05, 3.63) is 10.1 Å². The van der Waals surface area contributed by atoms with Gasteiger partial charge in [0.25, 0.3) is 6.04 Å². The van der Waals surface area contributed by atoms with Gasteiger partial charge in [0.1, 0.15) is 18.3 Å². The summed E-state index contributed by atoms with van der Waals surface area (Å²) in [6, 6.07) is -2.19.